The van der Waals surface area contributed by atoms with E-state index in [-0.39, 0.29) is 25.7 Å². The Kier molecular flexibility index (Phi) is 57.6. The van der Waals surface area contributed by atoms with Crippen LogP contribution in [-0.4, -0.2) is 96.7 Å². The standard InChI is InChI=1S/C69H134O17P2/c1-59(2)45-37-29-21-13-9-10-16-25-33-41-49-66(71)79-55-64(85-68(73)51-43-35-27-17-11-14-22-30-38-46-60(3)4)57-83-87(75,76)81-53-63(70)54-82-88(77,78)84-58-65(56-80-67(72)50-42-34-26-20-19-24-32-40-48-62(7)8)86-69(74)52-44-36-28-18-12-15-23-31-39-47-61(5)6/h59-65,70H,9-58H2,1-8H3,(H,75,76)(H,77,78)/t63?,64-,65-/m1/s1. The highest BCUT2D eigenvalue weighted by atomic mass is 31.2. The monoisotopic (exact) mass is 1300 g/mol. The van der Waals surface area contributed by atoms with Gasteiger partial charge in [0.15, 0.2) is 12.2 Å². The lowest BCUT2D eigenvalue weighted by Crippen LogP contribution is -2.30. The quantitative estimate of drug-likeness (QED) is 0.0222. The summed E-state index contributed by atoms with van der Waals surface area (Å²) in [6.45, 7) is 14.1. The number of carbonyl (C=O) groups excluding carboxylic acids is 4. The number of hydrogen-bond acceptors (Lipinski definition) is 15. The number of rotatable bonds is 66. The van der Waals surface area contributed by atoms with E-state index >= 15 is 0 Å². The van der Waals surface area contributed by atoms with E-state index in [4.69, 9.17) is 37.0 Å². The number of aliphatic hydroxyl groups is 1. The first-order chi connectivity index (χ1) is 42.1. The van der Waals surface area contributed by atoms with E-state index in [1.54, 1.807) is 0 Å². The molecule has 3 N–H and O–H groups in total. The Balaban J connectivity index is 5.26. The van der Waals surface area contributed by atoms with Crippen LogP contribution in [0.1, 0.15) is 338 Å². The van der Waals surface area contributed by atoms with Gasteiger partial charge in [0.25, 0.3) is 0 Å². The molecule has 0 heterocycles. The van der Waals surface area contributed by atoms with Gasteiger partial charge in [0, 0.05) is 25.7 Å². The molecule has 88 heavy (non-hydrogen) atoms. The number of carbonyl (C=O) groups is 4. The predicted octanol–water partition coefficient (Wildman–Crippen LogP) is 19.3. The van der Waals surface area contributed by atoms with Crippen molar-refractivity contribution in [2.45, 2.75) is 356 Å². The van der Waals surface area contributed by atoms with Crippen molar-refractivity contribution in [2.24, 2.45) is 23.7 Å². The van der Waals surface area contributed by atoms with Crippen LogP contribution in [0, 0.1) is 23.7 Å². The Morgan fingerprint density at radius 3 is 0.705 bits per heavy atom. The molecule has 3 unspecified atom stereocenters. The van der Waals surface area contributed by atoms with Gasteiger partial charge in [-0.25, -0.2) is 9.13 Å². The summed E-state index contributed by atoms with van der Waals surface area (Å²) in [4.78, 5) is 72.5. The van der Waals surface area contributed by atoms with Gasteiger partial charge in [-0.1, -0.05) is 287 Å². The van der Waals surface area contributed by atoms with Crippen LogP contribution in [0.15, 0.2) is 0 Å². The lowest BCUT2D eigenvalue weighted by molar-refractivity contribution is -0.161. The first kappa shape index (κ1) is 86.1. The zero-order valence-corrected chi connectivity index (χ0v) is 59.1. The normalized spacial score (nSPS) is 14.3. The lowest BCUT2D eigenvalue weighted by Gasteiger charge is -2.21. The van der Waals surface area contributed by atoms with Gasteiger partial charge in [-0.2, -0.15) is 0 Å². The molecule has 0 saturated heterocycles. The Hall–Kier alpha value is -1.94. The van der Waals surface area contributed by atoms with Crippen molar-refractivity contribution in [3.63, 3.8) is 0 Å². The molecule has 0 fully saturated rings. The van der Waals surface area contributed by atoms with Crippen molar-refractivity contribution in [1.29, 1.82) is 0 Å². The Morgan fingerprint density at radius 2 is 0.477 bits per heavy atom. The van der Waals surface area contributed by atoms with E-state index in [0.29, 0.717) is 25.7 Å². The molecule has 0 bridgehead atoms. The summed E-state index contributed by atoms with van der Waals surface area (Å²) < 4.78 is 68.2. The number of phosphoric ester groups is 2. The molecule has 0 radical (unpaired) electrons. The Morgan fingerprint density at radius 1 is 0.284 bits per heavy atom. The van der Waals surface area contributed by atoms with Crippen molar-refractivity contribution in [1.82, 2.24) is 0 Å². The van der Waals surface area contributed by atoms with Crippen LogP contribution in [-0.2, 0) is 65.4 Å². The molecule has 19 heteroatoms. The summed E-state index contributed by atoms with van der Waals surface area (Å²) in [6, 6.07) is 0. The van der Waals surface area contributed by atoms with Crippen LogP contribution in [0.4, 0.5) is 0 Å². The zero-order valence-electron chi connectivity index (χ0n) is 57.3. The SMILES string of the molecule is CC(C)CCCCCCCCCCCCC(=O)OC[C@H](COP(=O)(O)OCC(O)COP(=O)(O)OC[C@@H](COC(=O)CCCCCCCCCCC(C)C)OC(=O)CCCCCCCCCCCC(C)C)OC(=O)CCCCCCCCCCCC(C)C. The molecule has 0 aliphatic carbocycles. The number of ether oxygens (including phenoxy) is 4. The van der Waals surface area contributed by atoms with E-state index in [2.05, 4.69) is 55.4 Å². The summed E-state index contributed by atoms with van der Waals surface area (Å²) in [6.07, 6.45) is 40.3. The average Bonchev–Trinajstić information content (AvgIpc) is 3.64. The first-order valence-corrected chi connectivity index (χ1v) is 38.7. The number of esters is 4. The third-order valence-electron chi connectivity index (χ3n) is 15.8. The lowest BCUT2D eigenvalue weighted by atomic mass is 10.0. The van der Waals surface area contributed by atoms with E-state index in [9.17, 15) is 43.2 Å². The van der Waals surface area contributed by atoms with Crippen LogP contribution in [0.2, 0.25) is 0 Å². The minimum atomic E-state index is -4.95. The molecule has 0 aromatic heterocycles. The fourth-order valence-corrected chi connectivity index (χ4v) is 11.9. The molecule has 0 amide bonds. The van der Waals surface area contributed by atoms with Gasteiger partial charge in [0.2, 0.25) is 0 Å². The number of phosphoric acid groups is 2. The van der Waals surface area contributed by atoms with Crippen LogP contribution in [0.25, 0.3) is 0 Å². The van der Waals surface area contributed by atoms with Gasteiger partial charge in [0.1, 0.15) is 19.3 Å². The molecule has 522 valence electrons. The average molecular weight is 1300 g/mol. The fourth-order valence-electron chi connectivity index (χ4n) is 10.3. The summed E-state index contributed by atoms with van der Waals surface area (Å²) in [5, 5.41) is 10.6. The van der Waals surface area contributed by atoms with E-state index in [0.717, 1.165) is 114 Å². The molecule has 0 rings (SSSR count). The second kappa shape index (κ2) is 58.8. The van der Waals surface area contributed by atoms with Crippen LogP contribution >= 0.6 is 15.6 Å². The second-order valence-electron chi connectivity index (χ2n) is 26.8. The summed E-state index contributed by atoms with van der Waals surface area (Å²) in [7, 11) is -9.90. The topological polar surface area (TPSA) is 237 Å². The minimum absolute atomic E-state index is 0.104. The third-order valence-corrected chi connectivity index (χ3v) is 17.7. The Bertz CT molecular complexity index is 1750. The maximum atomic E-state index is 13.0. The van der Waals surface area contributed by atoms with Gasteiger partial charge in [-0.05, 0) is 49.4 Å². The second-order valence-corrected chi connectivity index (χ2v) is 29.7. The summed E-state index contributed by atoms with van der Waals surface area (Å²) in [5.74, 6) is 0.826. The van der Waals surface area contributed by atoms with Crippen molar-refractivity contribution < 1.29 is 80.2 Å². The van der Waals surface area contributed by atoms with Gasteiger partial charge in [0.05, 0.1) is 26.4 Å². The highest BCUT2D eigenvalue weighted by molar-refractivity contribution is 7.47. The largest absolute Gasteiger partial charge is 0.472 e. The summed E-state index contributed by atoms with van der Waals surface area (Å²) in [5.41, 5.74) is 0. The van der Waals surface area contributed by atoms with Gasteiger partial charge in [-0.3, -0.25) is 37.3 Å². The van der Waals surface area contributed by atoms with Crippen molar-refractivity contribution in [2.75, 3.05) is 39.6 Å². The minimum Gasteiger partial charge on any atom is -0.462 e. The molecule has 0 aromatic rings. The van der Waals surface area contributed by atoms with E-state index in [1.165, 1.54) is 141 Å². The highest BCUT2D eigenvalue weighted by Gasteiger charge is 2.30. The van der Waals surface area contributed by atoms with Crippen LogP contribution in [0.3, 0.4) is 0 Å². The molecule has 0 aromatic carbocycles. The van der Waals surface area contributed by atoms with Gasteiger partial charge >= 0.3 is 39.5 Å². The zero-order chi connectivity index (χ0) is 65.4. The van der Waals surface area contributed by atoms with Gasteiger partial charge < -0.3 is 33.8 Å². The molecule has 0 spiro atoms. The predicted molar refractivity (Wildman–Crippen MR) is 354 cm³/mol. The van der Waals surface area contributed by atoms with E-state index < -0.39 is 97.5 Å². The Labute approximate surface area is 537 Å². The highest BCUT2D eigenvalue weighted by Crippen LogP contribution is 2.45. The first-order valence-electron chi connectivity index (χ1n) is 35.7. The van der Waals surface area contributed by atoms with Crippen LogP contribution < -0.4 is 0 Å². The maximum Gasteiger partial charge on any atom is 0.472 e. The summed E-state index contributed by atoms with van der Waals surface area (Å²) >= 11 is 0. The van der Waals surface area contributed by atoms with Crippen molar-refractivity contribution >= 4 is 39.5 Å². The molecular weight excluding hydrogens is 1160 g/mol. The molecule has 5 atom stereocenters. The molecular formula is C69H134O17P2. The van der Waals surface area contributed by atoms with Crippen molar-refractivity contribution in [3.05, 3.63) is 0 Å². The number of unbranched alkanes of at least 4 members (excludes halogenated alkanes) is 32. The fraction of sp³-hybridized carbons (Fsp3) is 0.942. The molecule has 0 aliphatic heterocycles. The number of hydrogen-bond donors (Lipinski definition) is 3. The third kappa shape index (κ3) is 62.8. The van der Waals surface area contributed by atoms with Crippen LogP contribution in [0.5, 0.6) is 0 Å². The molecule has 0 aliphatic rings. The van der Waals surface area contributed by atoms with E-state index in [1.807, 2.05) is 0 Å². The molecule has 0 saturated carbocycles. The molecule has 17 nitrogen and oxygen atoms in total. The van der Waals surface area contributed by atoms with Gasteiger partial charge in [-0.15, -0.1) is 0 Å². The smallest absolute Gasteiger partial charge is 0.462 e. The number of aliphatic hydroxyl groups excluding tert-OH is 1. The van der Waals surface area contributed by atoms with Crippen molar-refractivity contribution in [3.8, 4) is 0 Å². The maximum absolute atomic E-state index is 13.0.